The fraction of sp³-hybridized carbons (Fsp3) is 0.344. The topological polar surface area (TPSA) is 105 Å². The number of aliphatic hydroxyl groups excluding tert-OH is 1. The summed E-state index contributed by atoms with van der Waals surface area (Å²) in [6.45, 7) is 2.67. The van der Waals surface area contributed by atoms with Gasteiger partial charge in [0.05, 0.1) is 31.0 Å². The van der Waals surface area contributed by atoms with Crippen LogP contribution in [0.4, 0.5) is 22.0 Å². The highest BCUT2D eigenvalue weighted by atomic mass is 19.4. The molecule has 3 N–H and O–H groups in total. The first kappa shape index (κ1) is 31.3. The Morgan fingerprint density at radius 3 is 2.36 bits per heavy atom. The minimum absolute atomic E-state index is 0.0126. The summed E-state index contributed by atoms with van der Waals surface area (Å²) in [5.41, 5.74) is -2.22. The van der Waals surface area contributed by atoms with Crippen LogP contribution in [0.1, 0.15) is 52.5 Å². The Morgan fingerprint density at radius 1 is 1.09 bits per heavy atom. The summed E-state index contributed by atoms with van der Waals surface area (Å²) in [5, 5.41) is 25.1. The zero-order valence-electron chi connectivity index (χ0n) is 24.1. The number of ether oxygens (including phenoxy) is 1. The van der Waals surface area contributed by atoms with Gasteiger partial charge in [-0.3, -0.25) is 4.79 Å². The standard InChI is InChI=1S/C32H30F5N3O4/c1-16-10-20-12-21(13-24(44-3)27(20)40-29(16)34)30(42)38-15-31(43,22-8-9-22)25-14-19(11-17(2)41)26(33)28(39-25)18-4-6-23(7-5-18)32(35,36)37/h4-7,10,12-14,17,22,41,43H,8-9,11,15H2,1-3H3,(H,38,42). The predicted octanol–water partition coefficient (Wildman–Crippen LogP) is 5.86. The fourth-order valence-corrected chi connectivity index (χ4v) is 5.23. The summed E-state index contributed by atoms with van der Waals surface area (Å²) in [6.07, 6.45) is -4.52. The van der Waals surface area contributed by atoms with Crippen LogP contribution in [0, 0.1) is 24.6 Å². The number of pyridine rings is 2. The highest BCUT2D eigenvalue weighted by Crippen LogP contribution is 2.46. The van der Waals surface area contributed by atoms with Gasteiger partial charge in [-0.25, -0.2) is 14.4 Å². The molecular formula is C32H30F5N3O4. The number of methoxy groups -OCH3 is 1. The van der Waals surface area contributed by atoms with E-state index in [9.17, 15) is 32.6 Å². The van der Waals surface area contributed by atoms with Crippen LogP contribution in [0.5, 0.6) is 5.75 Å². The van der Waals surface area contributed by atoms with Crippen LogP contribution in [0.3, 0.4) is 0 Å². The van der Waals surface area contributed by atoms with Crippen molar-refractivity contribution < 1.29 is 41.7 Å². The maximum atomic E-state index is 15.6. The molecule has 2 unspecified atom stereocenters. The number of aryl methyl sites for hydroxylation is 1. The second-order valence-corrected chi connectivity index (χ2v) is 11.2. The molecule has 12 heteroatoms. The highest BCUT2D eigenvalue weighted by Gasteiger charge is 2.47. The lowest BCUT2D eigenvalue weighted by atomic mass is 9.90. The Labute approximate surface area is 249 Å². The maximum Gasteiger partial charge on any atom is 0.416 e. The van der Waals surface area contributed by atoms with Crippen molar-refractivity contribution in [2.75, 3.05) is 13.7 Å². The third kappa shape index (κ3) is 6.22. The monoisotopic (exact) mass is 615 g/mol. The summed E-state index contributed by atoms with van der Waals surface area (Å²) in [7, 11) is 1.36. The van der Waals surface area contributed by atoms with Crippen molar-refractivity contribution in [2.24, 2.45) is 5.92 Å². The van der Waals surface area contributed by atoms with E-state index in [0.29, 0.717) is 18.2 Å². The number of halogens is 5. The van der Waals surface area contributed by atoms with Crippen molar-refractivity contribution in [3.63, 3.8) is 0 Å². The summed E-state index contributed by atoms with van der Waals surface area (Å²) in [4.78, 5) is 21.6. The summed E-state index contributed by atoms with van der Waals surface area (Å²) in [6, 6.07) is 9.59. The first-order valence-electron chi connectivity index (χ1n) is 13.9. The van der Waals surface area contributed by atoms with Crippen LogP contribution in [0.2, 0.25) is 0 Å². The minimum Gasteiger partial charge on any atom is -0.494 e. The van der Waals surface area contributed by atoms with E-state index in [1.165, 1.54) is 45.2 Å². The van der Waals surface area contributed by atoms with Gasteiger partial charge in [0.15, 0.2) is 5.82 Å². The molecule has 4 aromatic rings. The number of amides is 1. The molecule has 1 saturated carbocycles. The zero-order chi connectivity index (χ0) is 32.0. The Hall–Kier alpha value is -4.16. The van der Waals surface area contributed by atoms with Gasteiger partial charge in [0.2, 0.25) is 5.95 Å². The van der Waals surface area contributed by atoms with Crippen molar-refractivity contribution in [3.05, 3.63) is 88.2 Å². The van der Waals surface area contributed by atoms with Gasteiger partial charge in [0.1, 0.15) is 22.6 Å². The molecule has 5 rings (SSSR count). The average molecular weight is 616 g/mol. The average Bonchev–Trinajstić information content (AvgIpc) is 3.83. The molecule has 2 aromatic carbocycles. The fourth-order valence-electron chi connectivity index (χ4n) is 5.23. The lowest BCUT2D eigenvalue weighted by Crippen LogP contribution is -2.43. The molecule has 0 radical (unpaired) electrons. The number of nitrogens with zero attached hydrogens (tertiary/aromatic N) is 2. The number of alkyl halides is 3. The number of hydrogen-bond acceptors (Lipinski definition) is 6. The Balaban J connectivity index is 1.51. The lowest BCUT2D eigenvalue weighted by molar-refractivity contribution is -0.137. The van der Waals surface area contributed by atoms with E-state index < -0.39 is 41.1 Å². The van der Waals surface area contributed by atoms with Crippen LogP contribution < -0.4 is 10.1 Å². The van der Waals surface area contributed by atoms with Crippen LogP contribution in [0.25, 0.3) is 22.2 Å². The summed E-state index contributed by atoms with van der Waals surface area (Å²) < 4.78 is 74.5. The van der Waals surface area contributed by atoms with E-state index in [4.69, 9.17) is 4.74 Å². The summed E-state index contributed by atoms with van der Waals surface area (Å²) in [5.74, 6) is -2.25. The van der Waals surface area contributed by atoms with Gasteiger partial charge in [-0.2, -0.15) is 17.6 Å². The largest absolute Gasteiger partial charge is 0.494 e. The molecular weight excluding hydrogens is 585 g/mol. The van der Waals surface area contributed by atoms with E-state index in [1.807, 2.05) is 0 Å². The van der Waals surface area contributed by atoms with E-state index in [-0.39, 0.29) is 63.8 Å². The molecule has 0 saturated heterocycles. The number of carbonyl (C=O) groups is 1. The van der Waals surface area contributed by atoms with E-state index in [0.717, 1.165) is 24.3 Å². The van der Waals surface area contributed by atoms with Gasteiger partial charge >= 0.3 is 6.18 Å². The van der Waals surface area contributed by atoms with Crippen LogP contribution in [-0.4, -0.2) is 45.8 Å². The number of hydrogen-bond donors (Lipinski definition) is 3. The van der Waals surface area contributed by atoms with E-state index >= 15 is 4.39 Å². The van der Waals surface area contributed by atoms with Crippen molar-refractivity contribution in [2.45, 2.75) is 51.0 Å². The van der Waals surface area contributed by atoms with Crippen LogP contribution in [-0.2, 0) is 18.2 Å². The first-order chi connectivity index (χ1) is 20.7. The van der Waals surface area contributed by atoms with Crippen molar-refractivity contribution in [3.8, 4) is 17.0 Å². The van der Waals surface area contributed by atoms with Crippen molar-refractivity contribution in [1.29, 1.82) is 0 Å². The number of aliphatic hydroxyl groups is 2. The maximum absolute atomic E-state index is 15.6. The smallest absolute Gasteiger partial charge is 0.416 e. The molecule has 232 valence electrons. The van der Waals surface area contributed by atoms with Gasteiger partial charge in [-0.05, 0) is 74.6 Å². The second-order valence-electron chi connectivity index (χ2n) is 11.2. The van der Waals surface area contributed by atoms with Gasteiger partial charge < -0.3 is 20.3 Å². The molecule has 1 fully saturated rings. The lowest BCUT2D eigenvalue weighted by Gasteiger charge is -2.29. The third-order valence-electron chi connectivity index (χ3n) is 7.74. The number of fused-ring (bicyclic) bond motifs is 1. The molecule has 44 heavy (non-hydrogen) atoms. The third-order valence-corrected chi connectivity index (χ3v) is 7.74. The minimum atomic E-state index is -4.59. The number of benzene rings is 2. The molecule has 0 spiro atoms. The molecule has 7 nitrogen and oxygen atoms in total. The number of nitrogens with one attached hydrogen (secondary N) is 1. The van der Waals surface area contributed by atoms with Gasteiger partial charge in [0.25, 0.3) is 5.91 Å². The van der Waals surface area contributed by atoms with E-state index in [2.05, 4.69) is 15.3 Å². The van der Waals surface area contributed by atoms with Crippen LogP contribution >= 0.6 is 0 Å². The Bertz CT molecular complexity index is 1720. The summed E-state index contributed by atoms with van der Waals surface area (Å²) >= 11 is 0. The number of rotatable bonds is 9. The highest BCUT2D eigenvalue weighted by molar-refractivity contribution is 6.00. The Kier molecular flexibility index (Phi) is 8.34. The molecule has 1 aliphatic carbocycles. The normalized spacial score (nSPS) is 15.6. The number of carbonyl (C=O) groups excluding carboxylic acids is 1. The first-order valence-corrected chi connectivity index (χ1v) is 13.9. The molecule has 2 aromatic heterocycles. The van der Waals surface area contributed by atoms with E-state index in [1.54, 1.807) is 0 Å². The second kappa shape index (κ2) is 11.7. The molecule has 2 heterocycles. The Morgan fingerprint density at radius 2 is 1.77 bits per heavy atom. The molecule has 2 atom stereocenters. The molecule has 1 aliphatic rings. The number of aromatic nitrogens is 2. The van der Waals surface area contributed by atoms with Gasteiger partial charge in [-0.1, -0.05) is 12.1 Å². The SMILES string of the molecule is COc1cc(C(=O)NCC(O)(c2cc(CC(C)O)c(F)c(-c3ccc(C(F)(F)F)cc3)n2)C2CC2)cc2cc(C)c(F)nc12. The quantitative estimate of drug-likeness (QED) is 0.161. The predicted molar refractivity (Wildman–Crippen MR) is 152 cm³/mol. The van der Waals surface area contributed by atoms with Crippen LogP contribution in [0.15, 0.2) is 48.5 Å². The molecule has 0 bridgehead atoms. The van der Waals surface area contributed by atoms with Gasteiger partial charge in [0, 0.05) is 28.5 Å². The molecule has 0 aliphatic heterocycles. The zero-order valence-corrected chi connectivity index (χ0v) is 24.1. The van der Waals surface area contributed by atoms with Gasteiger partial charge in [-0.15, -0.1) is 0 Å². The van der Waals surface area contributed by atoms with Crippen molar-refractivity contribution >= 4 is 16.8 Å². The van der Waals surface area contributed by atoms with Crippen molar-refractivity contribution in [1.82, 2.24) is 15.3 Å². The molecule has 1 amide bonds.